The quantitative estimate of drug-likeness (QED) is 0.842. The van der Waals surface area contributed by atoms with E-state index in [2.05, 4.69) is 5.32 Å². The average Bonchev–Trinajstić information content (AvgIpc) is 3.03. The smallest absolute Gasteiger partial charge is 0.261 e. The van der Waals surface area contributed by atoms with Gasteiger partial charge in [0.15, 0.2) is 0 Å². The van der Waals surface area contributed by atoms with Crippen molar-refractivity contribution < 1.29 is 9.90 Å². The molecule has 1 unspecified atom stereocenters. The van der Waals surface area contributed by atoms with E-state index in [1.54, 1.807) is 0 Å². The van der Waals surface area contributed by atoms with Crippen LogP contribution in [0.25, 0.3) is 0 Å². The van der Waals surface area contributed by atoms with Crippen molar-refractivity contribution in [3.05, 3.63) is 21.4 Å². The van der Waals surface area contributed by atoms with Gasteiger partial charge in [-0.1, -0.05) is 0 Å². The van der Waals surface area contributed by atoms with E-state index in [0.29, 0.717) is 12.5 Å². The van der Waals surface area contributed by atoms with Crippen LogP contribution in [0.15, 0.2) is 6.07 Å². The molecule has 0 aliphatic heterocycles. The van der Waals surface area contributed by atoms with Crippen LogP contribution in [0.1, 0.15) is 33.0 Å². The number of aliphatic hydroxyl groups excluding tert-OH is 1. The van der Waals surface area contributed by atoms with Crippen LogP contribution in [0.2, 0.25) is 0 Å². The van der Waals surface area contributed by atoms with E-state index >= 15 is 0 Å². The highest BCUT2D eigenvalue weighted by Crippen LogP contribution is 2.32. The van der Waals surface area contributed by atoms with Crippen molar-refractivity contribution in [2.45, 2.75) is 32.8 Å². The lowest BCUT2D eigenvalue weighted by atomic mass is 10.2. The molecule has 0 aromatic carbocycles. The molecule has 0 saturated heterocycles. The summed E-state index contributed by atoms with van der Waals surface area (Å²) in [4.78, 5) is 13.7. The van der Waals surface area contributed by atoms with Gasteiger partial charge in [-0.2, -0.15) is 0 Å². The van der Waals surface area contributed by atoms with Gasteiger partial charge in [0.25, 0.3) is 5.91 Å². The molecule has 1 aliphatic rings. The van der Waals surface area contributed by atoms with E-state index in [-0.39, 0.29) is 12.0 Å². The summed E-state index contributed by atoms with van der Waals surface area (Å²) in [5.41, 5.74) is 1.15. The van der Waals surface area contributed by atoms with Gasteiger partial charge >= 0.3 is 0 Å². The standard InChI is InChI=1S/C12H17NO2S/c1-7-5-11(16-8(7)2)12(15)13-6-10(14)9-3-4-9/h5,9-10,14H,3-4,6H2,1-2H3,(H,13,15). The van der Waals surface area contributed by atoms with Crippen LogP contribution in [-0.4, -0.2) is 23.7 Å². The van der Waals surface area contributed by atoms with Crippen molar-refractivity contribution in [3.8, 4) is 0 Å². The molecular formula is C12H17NO2S. The number of thiophene rings is 1. The molecule has 0 radical (unpaired) electrons. The zero-order valence-electron chi connectivity index (χ0n) is 9.62. The van der Waals surface area contributed by atoms with Crippen LogP contribution in [0.5, 0.6) is 0 Å². The number of aliphatic hydroxyl groups is 1. The fraction of sp³-hybridized carbons (Fsp3) is 0.583. The van der Waals surface area contributed by atoms with E-state index in [1.807, 2.05) is 19.9 Å². The number of hydrogen-bond acceptors (Lipinski definition) is 3. The molecule has 1 saturated carbocycles. The van der Waals surface area contributed by atoms with E-state index in [9.17, 15) is 9.90 Å². The van der Waals surface area contributed by atoms with Gasteiger partial charge in [0.2, 0.25) is 0 Å². The number of hydrogen-bond donors (Lipinski definition) is 2. The minimum atomic E-state index is -0.369. The topological polar surface area (TPSA) is 49.3 Å². The van der Waals surface area contributed by atoms with Gasteiger partial charge in [-0.3, -0.25) is 4.79 Å². The monoisotopic (exact) mass is 239 g/mol. The predicted octanol–water partition coefficient (Wildman–Crippen LogP) is 1.87. The lowest BCUT2D eigenvalue weighted by molar-refractivity contribution is 0.0905. The summed E-state index contributed by atoms with van der Waals surface area (Å²) < 4.78 is 0. The summed E-state index contributed by atoms with van der Waals surface area (Å²) in [6.45, 7) is 4.39. The lowest BCUT2D eigenvalue weighted by Gasteiger charge is -2.09. The maximum Gasteiger partial charge on any atom is 0.261 e. The Morgan fingerprint density at radius 3 is 2.81 bits per heavy atom. The van der Waals surface area contributed by atoms with Gasteiger partial charge < -0.3 is 10.4 Å². The molecule has 1 aromatic rings. The van der Waals surface area contributed by atoms with Crippen molar-refractivity contribution in [2.75, 3.05) is 6.54 Å². The first-order chi connectivity index (χ1) is 7.58. The van der Waals surface area contributed by atoms with E-state index < -0.39 is 0 Å². The maximum absolute atomic E-state index is 11.7. The summed E-state index contributed by atoms with van der Waals surface area (Å²) in [6, 6.07) is 1.90. The molecule has 2 N–H and O–H groups in total. The summed E-state index contributed by atoms with van der Waals surface area (Å²) in [6.07, 6.45) is 1.81. The SMILES string of the molecule is Cc1cc(C(=O)NCC(O)C2CC2)sc1C. The summed E-state index contributed by atoms with van der Waals surface area (Å²) >= 11 is 1.50. The Kier molecular flexibility index (Phi) is 3.30. The molecule has 1 atom stereocenters. The number of aryl methyl sites for hydroxylation is 2. The molecule has 1 aromatic heterocycles. The highest BCUT2D eigenvalue weighted by atomic mass is 32.1. The van der Waals surface area contributed by atoms with Crippen molar-refractivity contribution >= 4 is 17.2 Å². The molecule has 1 fully saturated rings. The van der Waals surface area contributed by atoms with Gasteiger partial charge in [0.1, 0.15) is 0 Å². The summed E-state index contributed by atoms with van der Waals surface area (Å²) in [7, 11) is 0. The van der Waals surface area contributed by atoms with Gasteiger partial charge in [0.05, 0.1) is 11.0 Å². The van der Waals surface area contributed by atoms with Crippen LogP contribution in [0, 0.1) is 19.8 Å². The highest BCUT2D eigenvalue weighted by molar-refractivity contribution is 7.14. The highest BCUT2D eigenvalue weighted by Gasteiger charge is 2.29. The lowest BCUT2D eigenvalue weighted by Crippen LogP contribution is -2.32. The molecular weight excluding hydrogens is 222 g/mol. The molecule has 16 heavy (non-hydrogen) atoms. The number of nitrogens with one attached hydrogen (secondary N) is 1. The normalized spacial score (nSPS) is 17.2. The first-order valence-corrected chi connectivity index (χ1v) is 6.43. The molecule has 1 amide bonds. The van der Waals surface area contributed by atoms with Gasteiger partial charge in [-0.05, 0) is 44.2 Å². The second kappa shape index (κ2) is 4.55. The number of carbonyl (C=O) groups excluding carboxylic acids is 1. The minimum Gasteiger partial charge on any atom is -0.391 e. The molecule has 1 aliphatic carbocycles. The first-order valence-electron chi connectivity index (χ1n) is 5.61. The largest absolute Gasteiger partial charge is 0.391 e. The minimum absolute atomic E-state index is 0.0686. The third-order valence-electron chi connectivity index (χ3n) is 3.03. The Bertz CT molecular complexity index is 376. The van der Waals surface area contributed by atoms with E-state index in [4.69, 9.17) is 0 Å². The summed E-state index contributed by atoms with van der Waals surface area (Å²) in [5.74, 6) is 0.341. The Morgan fingerprint density at radius 2 is 2.31 bits per heavy atom. The van der Waals surface area contributed by atoms with Gasteiger partial charge in [-0.25, -0.2) is 0 Å². The number of rotatable bonds is 4. The van der Waals surface area contributed by atoms with Crippen molar-refractivity contribution in [1.29, 1.82) is 0 Å². The van der Waals surface area contributed by atoms with Crippen LogP contribution in [-0.2, 0) is 0 Å². The average molecular weight is 239 g/mol. The van der Waals surface area contributed by atoms with Crippen LogP contribution in [0.4, 0.5) is 0 Å². The third-order valence-corrected chi connectivity index (χ3v) is 4.18. The van der Waals surface area contributed by atoms with E-state index in [0.717, 1.165) is 23.3 Å². The second-order valence-electron chi connectivity index (χ2n) is 4.46. The first kappa shape index (κ1) is 11.6. The summed E-state index contributed by atoms with van der Waals surface area (Å²) in [5, 5.41) is 12.4. The molecule has 4 heteroatoms. The molecule has 2 rings (SSSR count). The zero-order chi connectivity index (χ0) is 11.7. The molecule has 1 heterocycles. The van der Waals surface area contributed by atoms with Crippen LogP contribution >= 0.6 is 11.3 Å². The molecule has 88 valence electrons. The van der Waals surface area contributed by atoms with Crippen molar-refractivity contribution in [2.24, 2.45) is 5.92 Å². The Balaban J connectivity index is 1.87. The van der Waals surface area contributed by atoms with Crippen molar-refractivity contribution in [1.82, 2.24) is 5.32 Å². The number of amides is 1. The fourth-order valence-corrected chi connectivity index (χ4v) is 2.57. The Morgan fingerprint density at radius 1 is 1.62 bits per heavy atom. The van der Waals surface area contributed by atoms with Gasteiger partial charge in [0, 0.05) is 11.4 Å². The molecule has 3 nitrogen and oxygen atoms in total. The predicted molar refractivity (Wildman–Crippen MR) is 64.9 cm³/mol. The van der Waals surface area contributed by atoms with Crippen LogP contribution in [0.3, 0.4) is 0 Å². The molecule has 0 bridgehead atoms. The number of carbonyl (C=O) groups is 1. The molecule has 0 spiro atoms. The Hall–Kier alpha value is -0.870. The van der Waals surface area contributed by atoms with Gasteiger partial charge in [-0.15, -0.1) is 11.3 Å². The van der Waals surface area contributed by atoms with Crippen LogP contribution < -0.4 is 5.32 Å². The second-order valence-corrected chi connectivity index (χ2v) is 5.72. The Labute approximate surface area is 99.5 Å². The zero-order valence-corrected chi connectivity index (χ0v) is 10.4. The van der Waals surface area contributed by atoms with Crippen molar-refractivity contribution in [3.63, 3.8) is 0 Å². The maximum atomic E-state index is 11.7. The van der Waals surface area contributed by atoms with E-state index in [1.165, 1.54) is 16.2 Å². The third kappa shape index (κ3) is 2.62. The fourth-order valence-electron chi connectivity index (χ4n) is 1.62.